The Hall–Kier alpha value is -2.40. The summed E-state index contributed by atoms with van der Waals surface area (Å²) in [4.78, 5) is 16.4. The van der Waals surface area contributed by atoms with Gasteiger partial charge in [-0.2, -0.15) is 0 Å². The van der Waals surface area contributed by atoms with E-state index in [4.69, 9.17) is 0 Å². The number of amides is 1. The molecule has 0 radical (unpaired) electrons. The molecule has 0 bridgehead atoms. The number of benzene rings is 2. The van der Waals surface area contributed by atoms with E-state index in [0.29, 0.717) is 5.56 Å². The van der Waals surface area contributed by atoms with Crippen LogP contribution in [-0.4, -0.2) is 10.9 Å². The molecule has 0 aliphatic carbocycles. The fourth-order valence-corrected chi connectivity index (χ4v) is 2.19. The normalized spacial score (nSPS) is 10.3. The van der Waals surface area contributed by atoms with Crippen LogP contribution in [0.2, 0.25) is 0 Å². The molecule has 104 valence electrons. The number of hydrogen-bond donors (Lipinski definition) is 2. The van der Waals surface area contributed by atoms with Gasteiger partial charge in [-0.15, -0.1) is 0 Å². The van der Waals surface area contributed by atoms with Crippen molar-refractivity contribution in [3.05, 3.63) is 70.8 Å². The van der Waals surface area contributed by atoms with Gasteiger partial charge in [0.05, 0.1) is 16.8 Å². The number of aromatic nitrogens is 1. The zero-order chi connectivity index (χ0) is 14.7. The topological polar surface area (TPSA) is 54.0 Å². The van der Waals surface area contributed by atoms with Gasteiger partial charge in [0.15, 0.2) is 0 Å². The Morgan fingerprint density at radius 2 is 1.81 bits per heavy atom. The molecule has 1 aromatic heterocycles. The quantitative estimate of drug-likeness (QED) is 0.713. The van der Waals surface area contributed by atoms with Crippen LogP contribution in [0.25, 0.3) is 10.9 Å². The first-order valence-corrected chi connectivity index (χ1v) is 7.18. The lowest BCUT2D eigenvalue weighted by Gasteiger charge is -2.08. The van der Waals surface area contributed by atoms with E-state index >= 15 is 0 Å². The Morgan fingerprint density at radius 1 is 1.05 bits per heavy atom. The molecule has 0 unspecified atom stereocenters. The maximum Gasteiger partial charge on any atom is 0.271 e. The van der Waals surface area contributed by atoms with Crippen molar-refractivity contribution >= 4 is 38.4 Å². The summed E-state index contributed by atoms with van der Waals surface area (Å²) >= 11 is 3.36. The molecule has 0 aliphatic heterocycles. The third-order valence-electron chi connectivity index (χ3n) is 3.02. The highest BCUT2D eigenvalue weighted by Crippen LogP contribution is 2.14. The summed E-state index contributed by atoms with van der Waals surface area (Å²) in [5.41, 5.74) is 7.71. The summed E-state index contributed by atoms with van der Waals surface area (Å²) in [6, 6.07) is 17.0. The van der Waals surface area contributed by atoms with E-state index < -0.39 is 0 Å². The summed E-state index contributed by atoms with van der Waals surface area (Å²) in [7, 11) is 0. The van der Waals surface area contributed by atoms with E-state index in [0.717, 1.165) is 21.1 Å². The first kappa shape index (κ1) is 13.6. The van der Waals surface area contributed by atoms with Gasteiger partial charge in [-0.1, -0.05) is 34.1 Å². The number of nitrogens with zero attached hydrogens (tertiary/aromatic N) is 1. The van der Waals surface area contributed by atoms with Gasteiger partial charge < -0.3 is 0 Å². The van der Waals surface area contributed by atoms with E-state index in [-0.39, 0.29) is 5.91 Å². The van der Waals surface area contributed by atoms with Gasteiger partial charge in [0.2, 0.25) is 0 Å². The van der Waals surface area contributed by atoms with Crippen LogP contribution in [0.3, 0.4) is 0 Å². The molecule has 4 nitrogen and oxygen atoms in total. The van der Waals surface area contributed by atoms with Gasteiger partial charge in [-0.05, 0) is 36.4 Å². The van der Waals surface area contributed by atoms with Crippen molar-refractivity contribution in [2.75, 3.05) is 5.43 Å². The first-order valence-electron chi connectivity index (χ1n) is 6.39. The molecule has 2 aromatic carbocycles. The second-order valence-corrected chi connectivity index (χ2v) is 5.42. The summed E-state index contributed by atoms with van der Waals surface area (Å²) in [5, 5.41) is 0.939. The maximum absolute atomic E-state index is 12.1. The molecular formula is C16H12BrN3O. The van der Waals surface area contributed by atoms with Crippen molar-refractivity contribution in [3.63, 3.8) is 0 Å². The lowest BCUT2D eigenvalue weighted by Crippen LogP contribution is -2.29. The van der Waals surface area contributed by atoms with Gasteiger partial charge in [-0.25, -0.2) is 0 Å². The number of carbonyl (C=O) groups excluding carboxylic acids is 1. The molecule has 0 saturated heterocycles. The minimum absolute atomic E-state index is 0.226. The summed E-state index contributed by atoms with van der Waals surface area (Å²) < 4.78 is 0.984. The lowest BCUT2D eigenvalue weighted by molar-refractivity contribution is 0.0962. The molecule has 3 rings (SSSR count). The van der Waals surface area contributed by atoms with Gasteiger partial charge in [0.25, 0.3) is 5.91 Å². The number of anilines is 1. The Kier molecular flexibility index (Phi) is 3.83. The average molecular weight is 342 g/mol. The van der Waals surface area contributed by atoms with Crippen molar-refractivity contribution in [2.24, 2.45) is 0 Å². The van der Waals surface area contributed by atoms with Gasteiger partial charge >= 0.3 is 0 Å². The predicted octanol–water partition coefficient (Wildman–Crippen LogP) is 3.75. The predicted molar refractivity (Wildman–Crippen MR) is 87.0 cm³/mol. The number of pyridine rings is 1. The second-order valence-electron chi connectivity index (χ2n) is 4.50. The number of halogens is 1. The highest BCUT2D eigenvalue weighted by atomic mass is 79.9. The largest absolute Gasteiger partial charge is 0.298 e. The van der Waals surface area contributed by atoms with E-state index in [9.17, 15) is 4.79 Å². The molecule has 0 spiro atoms. The molecule has 0 aliphatic rings. The molecule has 0 fully saturated rings. The van der Waals surface area contributed by atoms with Crippen LogP contribution < -0.4 is 10.9 Å². The molecule has 1 amide bonds. The molecule has 0 saturated carbocycles. The summed E-state index contributed by atoms with van der Waals surface area (Å²) in [6.07, 6.45) is 1.57. The van der Waals surface area contributed by atoms with E-state index in [2.05, 4.69) is 31.8 Å². The minimum atomic E-state index is -0.226. The number of hydrazine groups is 1. The molecule has 5 heteroatoms. The Morgan fingerprint density at radius 3 is 2.62 bits per heavy atom. The number of para-hydroxylation sites is 1. The standard InChI is InChI=1S/C16H12BrN3O/c17-13-5-7-14(8-6-13)19-20-16(21)12-9-11-3-1-2-4-15(11)18-10-12/h1-10,19H,(H,20,21). The van der Waals surface area contributed by atoms with Crippen molar-refractivity contribution in [1.82, 2.24) is 10.4 Å². The van der Waals surface area contributed by atoms with Crippen LogP contribution in [-0.2, 0) is 0 Å². The SMILES string of the molecule is O=C(NNc1ccc(Br)cc1)c1cnc2ccccc2c1. The number of rotatable bonds is 3. The van der Waals surface area contributed by atoms with Gasteiger partial charge in [0.1, 0.15) is 0 Å². The monoisotopic (exact) mass is 341 g/mol. The van der Waals surface area contributed by atoms with E-state index in [1.54, 1.807) is 6.20 Å². The maximum atomic E-state index is 12.1. The summed E-state index contributed by atoms with van der Waals surface area (Å²) in [5.74, 6) is -0.226. The number of hydrogen-bond acceptors (Lipinski definition) is 3. The highest BCUT2D eigenvalue weighted by molar-refractivity contribution is 9.10. The number of nitrogens with one attached hydrogen (secondary N) is 2. The van der Waals surface area contributed by atoms with E-state index in [1.807, 2.05) is 54.6 Å². The second kappa shape index (κ2) is 5.93. The zero-order valence-corrected chi connectivity index (χ0v) is 12.6. The van der Waals surface area contributed by atoms with Gasteiger partial charge in [-0.3, -0.25) is 20.6 Å². The first-order chi connectivity index (χ1) is 10.2. The van der Waals surface area contributed by atoms with Crippen molar-refractivity contribution < 1.29 is 4.79 Å². The zero-order valence-electron chi connectivity index (χ0n) is 11.0. The van der Waals surface area contributed by atoms with E-state index in [1.165, 1.54) is 0 Å². The minimum Gasteiger partial charge on any atom is -0.298 e. The highest BCUT2D eigenvalue weighted by Gasteiger charge is 2.06. The van der Waals surface area contributed by atoms with Crippen LogP contribution in [0, 0.1) is 0 Å². The Balaban J connectivity index is 1.73. The fraction of sp³-hybridized carbons (Fsp3) is 0. The van der Waals surface area contributed by atoms with Gasteiger partial charge in [0, 0.05) is 16.1 Å². The van der Waals surface area contributed by atoms with Crippen LogP contribution in [0.5, 0.6) is 0 Å². The molecule has 3 aromatic rings. The number of fused-ring (bicyclic) bond motifs is 1. The van der Waals surface area contributed by atoms with Crippen LogP contribution >= 0.6 is 15.9 Å². The molecule has 1 heterocycles. The fourth-order valence-electron chi connectivity index (χ4n) is 1.93. The van der Waals surface area contributed by atoms with Crippen LogP contribution in [0.1, 0.15) is 10.4 Å². The third-order valence-corrected chi connectivity index (χ3v) is 3.55. The van der Waals surface area contributed by atoms with Crippen molar-refractivity contribution in [3.8, 4) is 0 Å². The Labute approximate surface area is 130 Å². The molecule has 21 heavy (non-hydrogen) atoms. The van der Waals surface area contributed by atoms with Crippen molar-refractivity contribution in [2.45, 2.75) is 0 Å². The lowest BCUT2D eigenvalue weighted by atomic mass is 10.1. The molecule has 2 N–H and O–H groups in total. The third kappa shape index (κ3) is 3.20. The molecular weight excluding hydrogens is 330 g/mol. The van der Waals surface area contributed by atoms with Crippen LogP contribution in [0.4, 0.5) is 5.69 Å². The molecule has 0 atom stereocenters. The number of carbonyl (C=O) groups is 1. The van der Waals surface area contributed by atoms with Crippen molar-refractivity contribution in [1.29, 1.82) is 0 Å². The Bertz CT molecular complexity index is 787. The average Bonchev–Trinajstić information content (AvgIpc) is 2.53. The smallest absolute Gasteiger partial charge is 0.271 e. The van der Waals surface area contributed by atoms with Crippen LogP contribution in [0.15, 0.2) is 65.3 Å². The summed E-state index contributed by atoms with van der Waals surface area (Å²) in [6.45, 7) is 0.